The Morgan fingerprint density at radius 2 is 1.88 bits per heavy atom. The van der Waals surface area contributed by atoms with E-state index in [1.165, 1.54) is 13.2 Å². The van der Waals surface area contributed by atoms with Gasteiger partial charge < -0.3 is 14.2 Å². The molecule has 32 heavy (non-hydrogen) atoms. The Morgan fingerprint density at radius 3 is 2.53 bits per heavy atom. The predicted octanol–water partition coefficient (Wildman–Crippen LogP) is 4.84. The van der Waals surface area contributed by atoms with Crippen LogP contribution in [0, 0.1) is 6.92 Å². The van der Waals surface area contributed by atoms with Gasteiger partial charge in [-0.25, -0.2) is 0 Å². The minimum atomic E-state index is -0.676. The summed E-state index contributed by atoms with van der Waals surface area (Å²) in [5.41, 5.74) is 2.70. The van der Waals surface area contributed by atoms with Crippen molar-refractivity contribution < 1.29 is 28.6 Å². The highest BCUT2D eigenvalue weighted by atomic mass is 35.5. The van der Waals surface area contributed by atoms with E-state index in [0.717, 1.165) is 27.8 Å². The first-order valence-corrected chi connectivity index (χ1v) is 11.0. The number of carbonyl (C=O) groups excluding carboxylic acids is 3. The molecule has 1 heterocycles. The fourth-order valence-electron chi connectivity index (χ4n) is 2.90. The highest BCUT2D eigenvalue weighted by Crippen LogP contribution is 2.39. The van der Waals surface area contributed by atoms with Gasteiger partial charge in [-0.3, -0.25) is 19.3 Å². The zero-order chi connectivity index (χ0) is 23.3. The molecule has 0 unspecified atom stereocenters. The SMILES string of the molecule is CCOc1cc(/C=C2\SC(=O)N(CC(=O)OC)C2=O)cc(Cl)c1OCc1ccc(C)cc1. The van der Waals surface area contributed by atoms with Crippen molar-refractivity contribution in [2.45, 2.75) is 20.5 Å². The van der Waals surface area contributed by atoms with E-state index in [1.807, 2.05) is 38.1 Å². The molecule has 0 bridgehead atoms. The molecule has 0 spiro atoms. The second-order valence-corrected chi connectivity index (χ2v) is 8.28. The van der Waals surface area contributed by atoms with E-state index in [-0.39, 0.29) is 4.91 Å². The van der Waals surface area contributed by atoms with Gasteiger partial charge in [-0.05, 0) is 54.9 Å². The van der Waals surface area contributed by atoms with Crippen molar-refractivity contribution in [1.29, 1.82) is 0 Å². The summed E-state index contributed by atoms with van der Waals surface area (Å²) in [6.07, 6.45) is 1.53. The van der Waals surface area contributed by atoms with Crippen LogP contribution in [0.25, 0.3) is 6.08 Å². The lowest BCUT2D eigenvalue weighted by Gasteiger charge is -2.15. The minimum absolute atomic E-state index is 0.172. The number of nitrogens with zero attached hydrogens (tertiary/aromatic N) is 1. The predicted molar refractivity (Wildman–Crippen MR) is 123 cm³/mol. The summed E-state index contributed by atoms with van der Waals surface area (Å²) < 4.78 is 16.1. The van der Waals surface area contributed by atoms with Crippen LogP contribution in [0.3, 0.4) is 0 Å². The summed E-state index contributed by atoms with van der Waals surface area (Å²) in [6, 6.07) is 11.3. The van der Waals surface area contributed by atoms with Gasteiger partial charge in [0.05, 0.1) is 23.6 Å². The maximum Gasteiger partial charge on any atom is 0.325 e. The highest BCUT2D eigenvalue weighted by Gasteiger charge is 2.36. The Bertz CT molecular complexity index is 1070. The molecule has 2 aromatic rings. The van der Waals surface area contributed by atoms with E-state index in [4.69, 9.17) is 21.1 Å². The normalized spacial score (nSPS) is 14.8. The van der Waals surface area contributed by atoms with Crippen molar-refractivity contribution in [2.75, 3.05) is 20.3 Å². The van der Waals surface area contributed by atoms with Crippen molar-refractivity contribution >= 4 is 46.6 Å². The number of amides is 2. The second kappa shape index (κ2) is 10.6. The van der Waals surface area contributed by atoms with E-state index in [0.29, 0.717) is 35.3 Å². The molecule has 0 radical (unpaired) electrons. The lowest BCUT2D eigenvalue weighted by atomic mass is 10.1. The molecule has 2 aromatic carbocycles. The summed E-state index contributed by atoms with van der Waals surface area (Å²) in [5.74, 6) is -0.429. The van der Waals surface area contributed by atoms with Crippen LogP contribution in [0.4, 0.5) is 4.79 Å². The Kier molecular flexibility index (Phi) is 7.82. The van der Waals surface area contributed by atoms with Crippen LogP contribution >= 0.6 is 23.4 Å². The molecular formula is C23H22ClNO6S. The first-order chi connectivity index (χ1) is 15.3. The third kappa shape index (κ3) is 5.63. The fourth-order valence-corrected chi connectivity index (χ4v) is 4.01. The average Bonchev–Trinajstić information content (AvgIpc) is 3.01. The Labute approximate surface area is 195 Å². The monoisotopic (exact) mass is 475 g/mol. The zero-order valence-electron chi connectivity index (χ0n) is 17.8. The van der Waals surface area contributed by atoms with E-state index < -0.39 is 23.7 Å². The quantitative estimate of drug-likeness (QED) is 0.399. The molecule has 168 valence electrons. The minimum Gasteiger partial charge on any atom is -0.490 e. The number of benzene rings is 2. The van der Waals surface area contributed by atoms with E-state index >= 15 is 0 Å². The van der Waals surface area contributed by atoms with Crippen LogP contribution in [0.5, 0.6) is 11.5 Å². The highest BCUT2D eigenvalue weighted by molar-refractivity contribution is 8.18. The summed E-state index contributed by atoms with van der Waals surface area (Å²) in [4.78, 5) is 37.1. The van der Waals surface area contributed by atoms with Crippen molar-refractivity contribution in [1.82, 2.24) is 4.90 Å². The Balaban J connectivity index is 1.83. The number of ether oxygens (including phenoxy) is 3. The molecule has 3 rings (SSSR count). The zero-order valence-corrected chi connectivity index (χ0v) is 19.4. The van der Waals surface area contributed by atoms with Crippen LogP contribution in [-0.2, 0) is 20.9 Å². The molecule has 0 N–H and O–H groups in total. The van der Waals surface area contributed by atoms with Crippen LogP contribution in [0.15, 0.2) is 41.3 Å². The van der Waals surface area contributed by atoms with Crippen LogP contribution in [0.1, 0.15) is 23.6 Å². The maximum atomic E-state index is 12.5. The molecule has 1 aliphatic rings. The van der Waals surface area contributed by atoms with Gasteiger partial charge in [-0.1, -0.05) is 41.4 Å². The van der Waals surface area contributed by atoms with Crippen LogP contribution in [0.2, 0.25) is 5.02 Å². The number of hydrogen-bond donors (Lipinski definition) is 0. The Hall–Kier alpha value is -2.97. The van der Waals surface area contributed by atoms with Gasteiger partial charge in [-0.2, -0.15) is 0 Å². The van der Waals surface area contributed by atoms with Gasteiger partial charge in [0.2, 0.25) is 0 Å². The second-order valence-electron chi connectivity index (χ2n) is 6.88. The van der Waals surface area contributed by atoms with Crippen LogP contribution < -0.4 is 9.47 Å². The molecule has 9 heteroatoms. The van der Waals surface area contributed by atoms with Crippen molar-refractivity contribution in [3.05, 3.63) is 63.0 Å². The summed E-state index contributed by atoms with van der Waals surface area (Å²) in [5, 5.41) is -0.232. The largest absolute Gasteiger partial charge is 0.490 e. The molecule has 7 nitrogen and oxygen atoms in total. The lowest BCUT2D eigenvalue weighted by Crippen LogP contribution is -2.34. The third-order valence-electron chi connectivity index (χ3n) is 4.52. The van der Waals surface area contributed by atoms with Crippen LogP contribution in [-0.4, -0.2) is 42.3 Å². The fraction of sp³-hybridized carbons (Fsp3) is 0.261. The number of carbonyl (C=O) groups is 3. The van der Waals surface area contributed by atoms with Crippen molar-refractivity contribution in [3.63, 3.8) is 0 Å². The number of rotatable bonds is 8. The molecule has 0 saturated carbocycles. The number of esters is 1. The maximum absolute atomic E-state index is 12.5. The van der Waals surface area contributed by atoms with Gasteiger partial charge >= 0.3 is 5.97 Å². The molecular weight excluding hydrogens is 454 g/mol. The van der Waals surface area contributed by atoms with Crippen molar-refractivity contribution in [3.8, 4) is 11.5 Å². The number of aryl methyl sites for hydroxylation is 1. The number of imide groups is 1. The summed E-state index contributed by atoms with van der Waals surface area (Å²) >= 11 is 7.21. The van der Waals surface area contributed by atoms with Gasteiger partial charge in [0.15, 0.2) is 11.5 Å². The summed E-state index contributed by atoms with van der Waals surface area (Å²) in [7, 11) is 1.19. The first-order valence-electron chi connectivity index (χ1n) is 9.79. The first kappa shape index (κ1) is 23.7. The topological polar surface area (TPSA) is 82.1 Å². The number of hydrogen-bond acceptors (Lipinski definition) is 7. The average molecular weight is 476 g/mol. The molecule has 1 aliphatic heterocycles. The molecule has 2 amide bonds. The standard InChI is InChI=1S/C23H22ClNO6S/c1-4-30-18-10-16(11-19-22(27)25(23(28)32-19)12-20(26)29-3)9-17(24)21(18)31-13-15-7-5-14(2)6-8-15/h5-11H,4,12-13H2,1-3H3/b19-11-. The number of halogens is 1. The summed E-state index contributed by atoms with van der Waals surface area (Å²) in [6.45, 7) is 4.11. The van der Waals surface area contributed by atoms with Gasteiger partial charge in [-0.15, -0.1) is 0 Å². The van der Waals surface area contributed by atoms with Crippen molar-refractivity contribution in [2.24, 2.45) is 0 Å². The lowest BCUT2D eigenvalue weighted by molar-refractivity contribution is -0.143. The third-order valence-corrected chi connectivity index (χ3v) is 5.71. The van der Waals surface area contributed by atoms with E-state index in [9.17, 15) is 14.4 Å². The number of thioether (sulfide) groups is 1. The van der Waals surface area contributed by atoms with E-state index in [1.54, 1.807) is 12.1 Å². The molecule has 0 aromatic heterocycles. The number of methoxy groups -OCH3 is 1. The van der Waals surface area contributed by atoms with Gasteiger partial charge in [0.1, 0.15) is 13.2 Å². The van der Waals surface area contributed by atoms with Gasteiger partial charge in [0, 0.05) is 0 Å². The Morgan fingerprint density at radius 1 is 1.16 bits per heavy atom. The molecule has 0 atom stereocenters. The van der Waals surface area contributed by atoms with E-state index in [2.05, 4.69) is 4.74 Å². The molecule has 1 saturated heterocycles. The molecule has 0 aliphatic carbocycles. The van der Waals surface area contributed by atoms with Gasteiger partial charge in [0.25, 0.3) is 11.1 Å². The smallest absolute Gasteiger partial charge is 0.325 e. The molecule has 1 fully saturated rings.